The molecule has 3 heterocycles. The molecule has 198 valence electrons. The zero-order chi connectivity index (χ0) is 27.8. The Hall–Kier alpha value is -4.35. The second-order valence-electron chi connectivity index (χ2n) is 8.79. The Morgan fingerprint density at radius 2 is 1.89 bits per heavy atom. The number of nitrogens with zero attached hydrogens (tertiary/aromatic N) is 4. The minimum absolute atomic E-state index is 0.000348. The standard InChI is InChI=1S/C26H23F5N6O/c1-15-20(27)7-8-21(33-15)16(2)34-24(38)19-13-17(14-36-11-10-35(3)25(36)32)12-18(23(19)28)22-6-4-5-9-37(22)26(29,30)31/h4-13,16,32H,14H2,1-3H3/p+1/t16-/m0/s1. The molecule has 0 radical (unpaired) electrons. The van der Waals surface area contributed by atoms with Crippen LogP contribution in [0.3, 0.4) is 0 Å². The van der Waals surface area contributed by atoms with E-state index in [0.717, 1.165) is 18.3 Å². The fourth-order valence-corrected chi connectivity index (χ4v) is 4.01. The van der Waals surface area contributed by atoms with E-state index in [1.807, 2.05) is 0 Å². The Labute approximate surface area is 214 Å². The molecule has 0 saturated heterocycles. The first-order valence-electron chi connectivity index (χ1n) is 11.5. The van der Waals surface area contributed by atoms with E-state index in [-0.39, 0.29) is 22.4 Å². The van der Waals surface area contributed by atoms with Gasteiger partial charge in [-0.3, -0.25) is 15.2 Å². The molecule has 38 heavy (non-hydrogen) atoms. The summed E-state index contributed by atoms with van der Waals surface area (Å²) in [5, 5.41) is 10.7. The molecule has 1 aromatic carbocycles. The normalized spacial score (nSPS) is 12.4. The highest BCUT2D eigenvalue weighted by atomic mass is 19.4. The maximum absolute atomic E-state index is 15.8. The second-order valence-corrected chi connectivity index (χ2v) is 8.79. The maximum Gasteiger partial charge on any atom is 0.638 e. The number of nitrogens with one attached hydrogen (secondary N) is 2. The molecule has 0 aliphatic carbocycles. The summed E-state index contributed by atoms with van der Waals surface area (Å²) < 4.78 is 73.6. The van der Waals surface area contributed by atoms with Crippen LogP contribution in [0.1, 0.15) is 40.3 Å². The Kier molecular flexibility index (Phi) is 7.16. The topological polar surface area (TPSA) is 79.6 Å². The van der Waals surface area contributed by atoms with E-state index >= 15 is 4.39 Å². The van der Waals surface area contributed by atoms with Crippen LogP contribution in [0.5, 0.6) is 0 Å². The third-order valence-electron chi connectivity index (χ3n) is 6.05. The van der Waals surface area contributed by atoms with E-state index in [4.69, 9.17) is 5.41 Å². The smallest absolute Gasteiger partial charge is 0.344 e. The van der Waals surface area contributed by atoms with Gasteiger partial charge in [-0.05, 0) is 49.7 Å². The van der Waals surface area contributed by atoms with Gasteiger partial charge in [0.05, 0.1) is 35.1 Å². The van der Waals surface area contributed by atoms with Crippen LogP contribution in [0, 0.1) is 24.0 Å². The zero-order valence-electron chi connectivity index (χ0n) is 20.6. The van der Waals surface area contributed by atoms with Crippen molar-refractivity contribution in [2.75, 3.05) is 0 Å². The minimum Gasteiger partial charge on any atom is -0.344 e. The summed E-state index contributed by atoms with van der Waals surface area (Å²) in [6.07, 6.45) is -0.868. The summed E-state index contributed by atoms with van der Waals surface area (Å²) in [7, 11) is 1.65. The van der Waals surface area contributed by atoms with Crippen LogP contribution in [0.15, 0.2) is 61.1 Å². The van der Waals surface area contributed by atoms with Crippen molar-refractivity contribution in [1.29, 1.82) is 5.41 Å². The number of carbonyl (C=O) groups is 1. The summed E-state index contributed by atoms with van der Waals surface area (Å²) in [6, 6.07) is 7.90. The maximum atomic E-state index is 15.8. The average Bonchev–Trinajstić information content (AvgIpc) is 3.18. The van der Waals surface area contributed by atoms with Gasteiger partial charge in [0.1, 0.15) is 11.6 Å². The van der Waals surface area contributed by atoms with Gasteiger partial charge in [-0.25, -0.2) is 8.78 Å². The molecular formula is C26H24F5N6O+. The SMILES string of the molecule is Cc1nc([C@H](C)NC(=O)c2cc(Cn3ccn(C)c3=N)cc(-c3cccc[n+]3C(F)(F)F)c2F)ccc1F. The number of alkyl halides is 3. The Morgan fingerprint density at radius 3 is 2.53 bits per heavy atom. The van der Waals surface area contributed by atoms with Gasteiger partial charge in [-0.15, -0.1) is 17.7 Å². The highest BCUT2D eigenvalue weighted by molar-refractivity contribution is 5.96. The van der Waals surface area contributed by atoms with Crippen LogP contribution in [0.4, 0.5) is 22.0 Å². The number of aryl methyl sites for hydroxylation is 2. The predicted octanol–water partition coefficient (Wildman–Crippen LogP) is 4.26. The van der Waals surface area contributed by atoms with Crippen LogP contribution < -0.4 is 15.5 Å². The van der Waals surface area contributed by atoms with Gasteiger partial charge in [-0.1, -0.05) is 0 Å². The number of benzene rings is 1. The number of aromatic nitrogens is 4. The monoisotopic (exact) mass is 531 g/mol. The van der Waals surface area contributed by atoms with Crippen molar-refractivity contribution in [3.63, 3.8) is 0 Å². The van der Waals surface area contributed by atoms with E-state index < -0.39 is 46.7 Å². The summed E-state index contributed by atoms with van der Waals surface area (Å²) in [4.78, 5) is 17.3. The average molecular weight is 532 g/mol. The molecular weight excluding hydrogens is 507 g/mol. The molecule has 1 atom stereocenters. The van der Waals surface area contributed by atoms with Gasteiger partial charge in [0.2, 0.25) is 11.3 Å². The lowest BCUT2D eigenvalue weighted by Gasteiger charge is -2.16. The fourth-order valence-electron chi connectivity index (χ4n) is 4.01. The molecule has 0 aliphatic rings. The Balaban J connectivity index is 1.81. The fraction of sp³-hybridized carbons (Fsp3) is 0.231. The van der Waals surface area contributed by atoms with E-state index in [1.165, 1.54) is 46.4 Å². The van der Waals surface area contributed by atoms with Gasteiger partial charge in [0.25, 0.3) is 5.91 Å². The Morgan fingerprint density at radius 1 is 1.16 bits per heavy atom. The highest BCUT2D eigenvalue weighted by Gasteiger charge is 2.44. The number of amides is 1. The number of imidazole rings is 1. The van der Waals surface area contributed by atoms with Crippen molar-refractivity contribution >= 4 is 5.91 Å². The molecule has 1 amide bonds. The molecule has 3 aromatic heterocycles. The Bertz CT molecular complexity index is 1570. The molecule has 0 aliphatic heterocycles. The number of hydrogen-bond donors (Lipinski definition) is 2. The van der Waals surface area contributed by atoms with Crippen LogP contribution >= 0.6 is 0 Å². The lowest BCUT2D eigenvalue weighted by molar-refractivity contribution is -0.847. The molecule has 4 rings (SSSR count). The lowest BCUT2D eigenvalue weighted by atomic mass is 10.00. The number of halogens is 5. The van der Waals surface area contributed by atoms with E-state index in [1.54, 1.807) is 26.4 Å². The lowest BCUT2D eigenvalue weighted by Crippen LogP contribution is -2.48. The van der Waals surface area contributed by atoms with Crippen molar-refractivity contribution in [2.24, 2.45) is 7.05 Å². The molecule has 7 nitrogen and oxygen atoms in total. The highest BCUT2D eigenvalue weighted by Crippen LogP contribution is 2.28. The second kappa shape index (κ2) is 10.2. The third-order valence-corrected chi connectivity index (χ3v) is 6.05. The van der Waals surface area contributed by atoms with Crippen molar-refractivity contribution in [2.45, 2.75) is 32.7 Å². The van der Waals surface area contributed by atoms with Gasteiger partial charge in [-0.2, -0.15) is 0 Å². The predicted molar refractivity (Wildman–Crippen MR) is 127 cm³/mol. The molecule has 0 unspecified atom stereocenters. The van der Waals surface area contributed by atoms with Crippen LogP contribution in [0.2, 0.25) is 0 Å². The first-order valence-corrected chi connectivity index (χ1v) is 11.5. The van der Waals surface area contributed by atoms with Crippen molar-refractivity contribution < 1.29 is 31.3 Å². The number of pyridine rings is 2. The van der Waals surface area contributed by atoms with E-state index in [0.29, 0.717) is 11.3 Å². The van der Waals surface area contributed by atoms with E-state index in [2.05, 4.69) is 10.3 Å². The molecule has 0 fully saturated rings. The molecule has 12 heteroatoms. The van der Waals surface area contributed by atoms with Gasteiger partial charge >= 0.3 is 6.30 Å². The summed E-state index contributed by atoms with van der Waals surface area (Å²) in [5.74, 6) is -2.56. The number of rotatable bonds is 6. The van der Waals surface area contributed by atoms with Crippen molar-refractivity contribution in [3.05, 3.63) is 101 Å². The van der Waals surface area contributed by atoms with Crippen molar-refractivity contribution in [1.82, 2.24) is 19.4 Å². The summed E-state index contributed by atoms with van der Waals surface area (Å²) in [6.45, 7) is 3.03. The first-order chi connectivity index (χ1) is 17.9. The van der Waals surface area contributed by atoms with Gasteiger partial charge in [0, 0.05) is 31.6 Å². The first kappa shape index (κ1) is 26.7. The quantitative estimate of drug-likeness (QED) is 0.288. The molecule has 0 saturated carbocycles. The van der Waals surface area contributed by atoms with Crippen molar-refractivity contribution in [3.8, 4) is 11.3 Å². The summed E-state index contributed by atoms with van der Waals surface area (Å²) >= 11 is 0. The largest absolute Gasteiger partial charge is 0.638 e. The summed E-state index contributed by atoms with van der Waals surface area (Å²) in [5.41, 5.74) is -0.575. The van der Waals surface area contributed by atoms with Crippen LogP contribution in [-0.4, -0.2) is 20.0 Å². The van der Waals surface area contributed by atoms with Crippen LogP contribution in [0.25, 0.3) is 11.3 Å². The molecule has 0 bridgehead atoms. The molecule has 4 aromatic rings. The van der Waals surface area contributed by atoms with Gasteiger partial charge < -0.3 is 14.5 Å². The van der Waals surface area contributed by atoms with Gasteiger partial charge in [0.15, 0.2) is 6.20 Å². The number of carbonyl (C=O) groups excluding carboxylic acids is 1. The third kappa shape index (κ3) is 5.34. The van der Waals surface area contributed by atoms with E-state index in [9.17, 15) is 22.4 Å². The molecule has 0 spiro atoms. The minimum atomic E-state index is -4.84. The zero-order valence-corrected chi connectivity index (χ0v) is 20.6. The molecule has 2 N–H and O–H groups in total. The number of hydrogen-bond acceptors (Lipinski definition) is 3. The van der Waals surface area contributed by atoms with Crippen LogP contribution in [-0.2, 0) is 19.9 Å².